The third-order valence-electron chi connectivity index (χ3n) is 3.90. The minimum atomic E-state index is 0.433. The van der Waals surface area contributed by atoms with E-state index in [1.807, 2.05) is 0 Å². The standard InChI is InChI=1S/C20H35N/c1-16(2)14-21-15-19(10-11-20(4,5)6)13-18-9-7-8-17(3)12-18/h7-9,12,16,19,21H,10-11,13-15H2,1-6H3. The van der Waals surface area contributed by atoms with Crippen LogP contribution < -0.4 is 5.32 Å². The second kappa shape index (κ2) is 8.58. The lowest BCUT2D eigenvalue weighted by Gasteiger charge is -2.24. The van der Waals surface area contributed by atoms with Crippen molar-refractivity contribution in [1.29, 1.82) is 0 Å². The number of benzene rings is 1. The van der Waals surface area contributed by atoms with Crippen molar-refractivity contribution < 1.29 is 0 Å². The first-order chi connectivity index (χ1) is 9.76. The lowest BCUT2D eigenvalue weighted by Crippen LogP contribution is -2.28. The Bertz CT molecular complexity index is 401. The molecule has 0 heterocycles. The van der Waals surface area contributed by atoms with Crippen LogP contribution in [0.5, 0.6) is 0 Å². The number of hydrogen-bond donors (Lipinski definition) is 1. The Morgan fingerprint density at radius 3 is 2.38 bits per heavy atom. The highest BCUT2D eigenvalue weighted by Gasteiger charge is 2.16. The van der Waals surface area contributed by atoms with Gasteiger partial charge in [0.1, 0.15) is 0 Å². The molecule has 1 aromatic carbocycles. The van der Waals surface area contributed by atoms with E-state index in [0.29, 0.717) is 5.41 Å². The van der Waals surface area contributed by atoms with Gasteiger partial charge in [-0.15, -0.1) is 0 Å². The quantitative estimate of drug-likeness (QED) is 0.691. The van der Waals surface area contributed by atoms with Gasteiger partial charge < -0.3 is 5.32 Å². The Kier molecular flexibility index (Phi) is 7.45. The Labute approximate surface area is 132 Å². The van der Waals surface area contributed by atoms with Gasteiger partial charge in [0.05, 0.1) is 0 Å². The van der Waals surface area contributed by atoms with Crippen LogP contribution in [-0.2, 0) is 6.42 Å². The van der Waals surface area contributed by atoms with Gasteiger partial charge in [-0.2, -0.15) is 0 Å². The fourth-order valence-electron chi connectivity index (χ4n) is 2.66. The van der Waals surface area contributed by atoms with Crippen molar-refractivity contribution in [3.63, 3.8) is 0 Å². The molecule has 1 heteroatoms. The summed E-state index contributed by atoms with van der Waals surface area (Å²) in [6, 6.07) is 8.99. The fraction of sp³-hybridized carbons (Fsp3) is 0.700. The maximum atomic E-state index is 3.66. The van der Waals surface area contributed by atoms with Gasteiger partial charge in [0.15, 0.2) is 0 Å². The summed E-state index contributed by atoms with van der Waals surface area (Å²) < 4.78 is 0. The first-order valence-corrected chi connectivity index (χ1v) is 8.52. The van der Waals surface area contributed by atoms with Crippen LogP contribution in [0.4, 0.5) is 0 Å². The van der Waals surface area contributed by atoms with Crippen LogP contribution in [0.1, 0.15) is 58.6 Å². The largest absolute Gasteiger partial charge is 0.316 e. The van der Waals surface area contributed by atoms with E-state index in [0.717, 1.165) is 24.9 Å². The molecular formula is C20H35N. The summed E-state index contributed by atoms with van der Waals surface area (Å²) in [5, 5.41) is 3.66. The Morgan fingerprint density at radius 1 is 1.10 bits per heavy atom. The average Bonchev–Trinajstić information content (AvgIpc) is 2.34. The summed E-state index contributed by atoms with van der Waals surface area (Å²) in [5.41, 5.74) is 3.29. The Hall–Kier alpha value is -0.820. The number of hydrogen-bond acceptors (Lipinski definition) is 1. The molecule has 1 nitrogen and oxygen atoms in total. The molecule has 0 bridgehead atoms. The number of aryl methyl sites for hydroxylation is 1. The van der Waals surface area contributed by atoms with Gasteiger partial charge in [0.2, 0.25) is 0 Å². The highest BCUT2D eigenvalue weighted by molar-refractivity contribution is 5.22. The van der Waals surface area contributed by atoms with Crippen molar-refractivity contribution in [3.8, 4) is 0 Å². The van der Waals surface area contributed by atoms with Crippen molar-refractivity contribution in [2.75, 3.05) is 13.1 Å². The minimum Gasteiger partial charge on any atom is -0.316 e. The molecule has 21 heavy (non-hydrogen) atoms. The van der Waals surface area contributed by atoms with Gasteiger partial charge in [-0.25, -0.2) is 0 Å². The molecule has 120 valence electrons. The van der Waals surface area contributed by atoms with Crippen LogP contribution in [0, 0.1) is 24.2 Å². The van der Waals surface area contributed by atoms with E-state index in [-0.39, 0.29) is 0 Å². The second-order valence-electron chi connectivity index (χ2n) is 8.21. The van der Waals surface area contributed by atoms with Crippen LogP contribution in [0.3, 0.4) is 0 Å². The smallest absolute Gasteiger partial charge is 0.00172 e. The predicted molar refractivity (Wildman–Crippen MR) is 94.8 cm³/mol. The zero-order valence-electron chi connectivity index (χ0n) is 15.0. The minimum absolute atomic E-state index is 0.433. The molecule has 0 fully saturated rings. The van der Waals surface area contributed by atoms with E-state index >= 15 is 0 Å². The summed E-state index contributed by atoms with van der Waals surface area (Å²) in [7, 11) is 0. The van der Waals surface area contributed by atoms with Crippen molar-refractivity contribution in [2.45, 2.75) is 60.8 Å². The maximum absolute atomic E-state index is 3.66. The van der Waals surface area contributed by atoms with Crippen LogP contribution in [-0.4, -0.2) is 13.1 Å². The molecular weight excluding hydrogens is 254 g/mol. The summed E-state index contributed by atoms with van der Waals surface area (Å²) in [5.74, 6) is 1.47. The average molecular weight is 290 g/mol. The summed E-state index contributed by atoms with van der Waals surface area (Å²) >= 11 is 0. The first kappa shape index (κ1) is 18.2. The van der Waals surface area contributed by atoms with Gasteiger partial charge in [-0.1, -0.05) is 64.4 Å². The topological polar surface area (TPSA) is 12.0 Å². The van der Waals surface area contributed by atoms with Crippen LogP contribution in [0.25, 0.3) is 0 Å². The van der Waals surface area contributed by atoms with Crippen molar-refractivity contribution in [1.82, 2.24) is 5.32 Å². The first-order valence-electron chi connectivity index (χ1n) is 8.52. The van der Waals surface area contributed by atoms with E-state index in [9.17, 15) is 0 Å². The maximum Gasteiger partial charge on any atom is -0.00172 e. The van der Waals surface area contributed by atoms with Crippen molar-refractivity contribution in [3.05, 3.63) is 35.4 Å². The summed E-state index contributed by atoms with van der Waals surface area (Å²) in [6.07, 6.45) is 3.80. The monoisotopic (exact) mass is 289 g/mol. The Balaban J connectivity index is 2.57. The van der Waals surface area contributed by atoms with E-state index in [1.54, 1.807) is 0 Å². The molecule has 1 aromatic rings. The SMILES string of the molecule is Cc1cccc(CC(CCC(C)(C)C)CNCC(C)C)c1. The molecule has 0 amide bonds. The predicted octanol–water partition coefficient (Wildman–Crippen LogP) is 5.23. The summed E-state index contributed by atoms with van der Waals surface area (Å²) in [4.78, 5) is 0. The number of rotatable bonds is 8. The van der Waals surface area contributed by atoms with Crippen molar-refractivity contribution >= 4 is 0 Å². The third kappa shape index (κ3) is 8.93. The molecule has 0 spiro atoms. The normalized spacial score (nSPS) is 13.7. The third-order valence-corrected chi connectivity index (χ3v) is 3.90. The van der Waals surface area contributed by atoms with Gasteiger partial charge in [-0.3, -0.25) is 0 Å². The zero-order chi connectivity index (χ0) is 15.9. The second-order valence-corrected chi connectivity index (χ2v) is 8.21. The lowest BCUT2D eigenvalue weighted by molar-refractivity contribution is 0.311. The summed E-state index contributed by atoms with van der Waals surface area (Å²) in [6.45, 7) is 16.0. The molecule has 1 atom stereocenters. The van der Waals surface area contributed by atoms with Gasteiger partial charge in [0.25, 0.3) is 0 Å². The number of nitrogens with one attached hydrogen (secondary N) is 1. The van der Waals surface area contributed by atoms with Gasteiger partial charge in [-0.05, 0) is 62.1 Å². The van der Waals surface area contributed by atoms with Crippen LogP contribution in [0.2, 0.25) is 0 Å². The van der Waals surface area contributed by atoms with E-state index in [2.05, 4.69) is 71.1 Å². The molecule has 0 aliphatic heterocycles. The zero-order valence-corrected chi connectivity index (χ0v) is 15.0. The van der Waals surface area contributed by atoms with Crippen LogP contribution in [0.15, 0.2) is 24.3 Å². The van der Waals surface area contributed by atoms with Gasteiger partial charge >= 0.3 is 0 Å². The van der Waals surface area contributed by atoms with E-state index < -0.39 is 0 Å². The van der Waals surface area contributed by atoms with E-state index in [4.69, 9.17) is 0 Å². The van der Waals surface area contributed by atoms with Crippen LogP contribution >= 0.6 is 0 Å². The molecule has 0 saturated carbocycles. The van der Waals surface area contributed by atoms with Crippen molar-refractivity contribution in [2.24, 2.45) is 17.3 Å². The molecule has 0 aliphatic rings. The molecule has 1 unspecified atom stereocenters. The molecule has 0 saturated heterocycles. The molecule has 0 radical (unpaired) electrons. The highest BCUT2D eigenvalue weighted by atomic mass is 14.9. The lowest BCUT2D eigenvalue weighted by atomic mass is 9.84. The van der Waals surface area contributed by atoms with E-state index in [1.165, 1.54) is 30.4 Å². The highest BCUT2D eigenvalue weighted by Crippen LogP contribution is 2.25. The van der Waals surface area contributed by atoms with Gasteiger partial charge in [0, 0.05) is 0 Å². The molecule has 1 rings (SSSR count). The molecule has 1 N–H and O–H groups in total. The molecule has 0 aliphatic carbocycles. The Morgan fingerprint density at radius 2 is 1.81 bits per heavy atom. The fourth-order valence-corrected chi connectivity index (χ4v) is 2.66. The molecule has 0 aromatic heterocycles.